The molecule has 0 atom stereocenters. The van der Waals surface area contributed by atoms with Crippen LogP contribution in [0.5, 0.6) is 0 Å². The highest BCUT2D eigenvalue weighted by Gasteiger charge is 2.01. The van der Waals surface area contributed by atoms with Gasteiger partial charge in [0.05, 0.1) is 0 Å². The second kappa shape index (κ2) is 7.37. The number of hydrogen-bond acceptors (Lipinski definition) is 3. The minimum absolute atomic E-state index is 0.169. The van der Waals surface area contributed by atoms with E-state index in [4.69, 9.17) is 0 Å². The Kier molecular flexibility index (Phi) is 4.81. The average Bonchev–Trinajstić information content (AvgIpc) is 3.01. The van der Waals surface area contributed by atoms with Gasteiger partial charge in [0.1, 0.15) is 5.82 Å². The molecule has 0 aliphatic rings. The van der Waals surface area contributed by atoms with Crippen molar-refractivity contribution in [3.8, 4) is 0 Å². The van der Waals surface area contributed by atoms with Crippen molar-refractivity contribution in [1.82, 2.24) is 14.5 Å². The third-order valence-electron chi connectivity index (χ3n) is 3.61. The Morgan fingerprint density at radius 3 is 2.71 bits per heavy atom. The molecule has 0 unspecified atom stereocenters. The molecule has 0 saturated carbocycles. The Bertz CT molecular complexity index is 835. The van der Waals surface area contributed by atoms with E-state index in [9.17, 15) is 4.79 Å². The SMILES string of the molecule is Cc1nccn1Cc1ccc(NC(=O)C=Cc2cccnc2)cc1. The van der Waals surface area contributed by atoms with Gasteiger partial charge < -0.3 is 9.88 Å². The monoisotopic (exact) mass is 318 g/mol. The summed E-state index contributed by atoms with van der Waals surface area (Å²) in [5.41, 5.74) is 2.81. The quantitative estimate of drug-likeness (QED) is 0.734. The van der Waals surface area contributed by atoms with E-state index >= 15 is 0 Å². The van der Waals surface area contributed by atoms with Crippen molar-refractivity contribution in [3.05, 3.63) is 84.2 Å². The predicted octanol–water partition coefficient (Wildman–Crippen LogP) is 3.29. The summed E-state index contributed by atoms with van der Waals surface area (Å²) < 4.78 is 2.07. The zero-order chi connectivity index (χ0) is 16.8. The van der Waals surface area contributed by atoms with Crippen LogP contribution in [0, 0.1) is 6.92 Å². The molecule has 3 rings (SSSR count). The van der Waals surface area contributed by atoms with Gasteiger partial charge in [-0.1, -0.05) is 18.2 Å². The first-order valence-electron chi connectivity index (χ1n) is 7.66. The van der Waals surface area contributed by atoms with Gasteiger partial charge in [-0.3, -0.25) is 9.78 Å². The van der Waals surface area contributed by atoms with Crippen LogP contribution in [0.15, 0.2) is 67.3 Å². The van der Waals surface area contributed by atoms with Crippen molar-refractivity contribution < 1.29 is 4.79 Å². The summed E-state index contributed by atoms with van der Waals surface area (Å²) in [6.07, 6.45) is 10.4. The standard InChI is InChI=1S/C19H18N4O/c1-15-21-11-12-23(15)14-17-4-7-18(8-5-17)22-19(24)9-6-16-3-2-10-20-13-16/h2-13H,14H2,1H3,(H,22,24). The zero-order valence-electron chi connectivity index (χ0n) is 13.4. The Balaban J connectivity index is 1.59. The predicted molar refractivity (Wildman–Crippen MR) is 94.4 cm³/mol. The number of rotatable bonds is 5. The van der Waals surface area contributed by atoms with Gasteiger partial charge in [0.25, 0.3) is 0 Å². The third-order valence-corrected chi connectivity index (χ3v) is 3.61. The van der Waals surface area contributed by atoms with Crippen LogP contribution in [0.25, 0.3) is 6.08 Å². The molecule has 5 heteroatoms. The summed E-state index contributed by atoms with van der Waals surface area (Å²) in [5, 5.41) is 2.84. The Morgan fingerprint density at radius 2 is 2.04 bits per heavy atom. The molecule has 1 N–H and O–H groups in total. The van der Waals surface area contributed by atoms with Crippen LogP contribution in [0.2, 0.25) is 0 Å². The summed E-state index contributed by atoms with van der Waals surface area (Å²) >= 11 is 0. The van der Waals surface area contributed by atoms with Crippen LogP contribution < -0.4 is 5.32 Å². The van der Waals surface area contributed by atoms with Gasteiger partial charge >= 0.3 is 0 Å². The lowest BCUT2D eigenvalue weighted by molar-refractivity contribution is -0.111. The van der Waals surface area contributed by atoms with E-state index in [-0.39, 0.29) is 5.91 Å². The zero-order valence-corrected chi connectivity index (χ0v) is 13.4. The minimum Gasteiger partial charge on any atom is -0.331 e. The van der Waals surface area contributed by atoms with E-state index in [2.05, 4.69) is 19.9 Å². The van der Waals surface area contributed by atoms with Crippen LogP contribution in [-0.2, 0) is 11.3 Å². The van der Waals surface area contributed by atoms with E-state index in [0.29, 0.717) is 0 Å². The molecule has 5 nitrogen and oxygen atoms in total. The molecule has 1 aromatic carbocycles. The summed E-state index contributed by atoms with van der Waals surface area (Å²) in [7, 11) is 0. The largest absolute Gasteiger partial charge is 0.331 e. The lowest BCUT2D eigenvalue weighted by atomic mass is 10.2. The molecule has 3 aromatic rings. The number of pyridine rings is 1. The topological polar surface area (TPSA) is 59.8 Å². The second-order valence-corrected chi connectivity index (χ2v) is 5.41. The van der Waals surface area contributed by atoms with E-state index in [1.54, 1.807) is 24.7 Å². The van der Waals surface area contributed by atoms with Crippen molar-refractivity contribution in [1.29, 1.82) is 0 Å². The maximum atomic E-state index is 11.9. The Hall–Kier alpha value is -3.21. The first-order chi connectivity index (χ1) is 11.7. The van der Waals surface area contributed by atoms with Crippen molar-refractivity contribution in [2.75, 3.05) is 5.32 Å². The number of imidazole rings is 1. The maximum absolute atomic E-state index is 11.9. The van der Waals surface area contributed by atoms with E-state index < -0.39 is 0 Å². The van der Waals surface area contributed by atoms with Crippen LogP contribution in [0.4, 0.5) is 5.69 Å². The molecule has 0 fully saturated rings. The van der Waals surface area contributed by atoms with Gasteiger partial charge in [-0.15, -0.1) is 0 Å². The lowest BCUT2D eigenvalue weighted by Crippen LogP contribution is -2.08. The molecule has 1 amide bonds. The molecule has 120 valence electrons. The van der Waals surface area contributed by atoms with Crippen LogP contribution in [-0.4, -0.2) is 20.4 Å². The minimum atomic E-state index is -0.169. The van der Waals surface area contributed by atoms with Crippen molar-refractivity contribution in [2.45, 2.75) is 13.5 Å². The van der Waals surface area contributed by atoms with Gasteiger partial charge in [-0.05, 0) is 42.3 Å². The molecule has 0 radical (unpaired) electrons. The van der Waals surface area contributed by atoms with Crippen molar-refractivity contribution >= 4 is 17.7 Å². The number of carbonyl (C=O) groups excluding carboxylic acids is 1. The highest BCUT2D eigenvalue weighted by atomic mass is 16.1. The van der Waals surface area contributed by atoms with Crippen LogP contribution in [0.3, 0.4) is 0 Å². The van der Waals surface area contributed by atoms with Crippen molar-refractivity contribution in [2.24, 2.45) is 0 Å². The highest BCUT2D eigenvalue weighted by molar-refractivity contribution is 6.01. The van der Waals surface area contributed by atoms with Gasteiger partial charge in [-0.25, -0.2) is 4.98 Å². The van der Waals surface area contributed by atoms with Gasteiger partial charge in [0, 0.05) is 43.1 Å². The molecule has 0 saturated heterocycles. The van der Waals surface area contributed by atoms with Crippen LogP contribution >= 0.6 is 0 Å². The normalized spacial score (nSPS) is 10.9. The number of nitrogens with zero attached hydrogens (tertiary/aromatic N) is 3. The number of aryl methyl sites for hydroxylation is 1. The summed E-state index contributed by atoms with van der Waals surface area (Å²) in [4.78, 5) is 20.2. The van der Waals surface area contributed by atoms with Crippen LogP contribution in [0.1, 0.15) is 17.0 Å². The summed E-state index contributed by atoms with van der Waals surface area (Å²) in [5.74, 6) is 0.810. The number of nitrogens with one attached hydrogen (secondary N) is 1. The molecule has 0 aliphatic carbocycles. The first-order valence-corrected chi connectivity index (χ1v) is 7.66. The average molecular weight is 318 g/mol. The highest BCUT2D eigenvalue weighted by Crippen LogP contribution is 2.12. The van der Waals surface area contributed by atoms with Crippen molar-refractivity contribution in [3.63, 3.8) is 0 Å². The fraction of sp³-hybridized carbons (Fsp3) is 0.105. The maximum Gasteiger partial charge on any atom is 0.248 e. The molecule has 0 bridgehead atoms. The fourth-order valence-corrected chi connectivity index (χ4v) is 2.29. The lowest BCUT2D eigenvalue weighted by Gasteiger charge is -2.07. The number of amides is 1. The van der Waals surface area contributed by atoms with Gasteiger partial charge in [0.2, 0.25) is 5.91 Å². The Morgan fingerprint density at radius 1 is 1.21 bits per heavy atom. The molecule has 0 spiro atoms. The smallest absolute Gasteiger partial charge is 0.248 e. The Labute approximate surface area is 140 Å². The molecular formula is C19H18N4O. The van der Waals surface area contributed by atoms with E-state index in [0.717, 1.165) is 29.2 Å². The van der Waals surface area contributed by atoms with E-state index in [1.165, 1.54) is 6.08 Å². The van der Waals surface area contributed by atoms with E-state index in [1.807, 2.05) is 49.5 Å². The molecule has 0 aliphatic heterocycles. The third kappa shape index (κ3) is 4.16. The summed E-state index contributed by atoms with van der Waals surface area (Å²) in [6, 6.07) is 11.5. The molecule has 2 heterocycles. The van der Waals surface area contributed by atoms with Gasteiger partial charge in [0.15, 0.2) is 0 Å². The number of benzene rings is 1. The first kappa shape index (κ1) is 15.7. The summed E-state index contributed by atoms with van der Waals surface area (Å²) in [6.45, 7) is 2.74. The molecule has 24 heavy (non-hydrogen) atoms. The number of aromatic nitrogens is 3. The number of carbonyl (C=O) groups is 1. The second-order valence-electron chi connectivity index (χ2n) is 5.41. The van der Waals surface area contributed by atoms with Gasteiger partial charge in [-0.2, -0.15) is 0 Å². The fourth-order valence-electron chi connectivity index (χ4n) is 2.29. The molecule has 2 aromatic heterocycles. The molecular weight excluding hydrogens is 300 g/mol. The number of hydrogen-bond donors (Lipinski definition) is 1. The number of anilines is 1.